The van der Waals surface area contributed by atoms with Crippen molar-refractivity contribution in [1.82, 2.24) is 14.7 Å². The lowest BCUT2D eigenvalue weighted by molar-refractivity contribution is -0.149. The zero-order chi connectivity index (χ0) is 21.4. The summed E-state index contributed by atoms with van der Waals surface area (Å²) >= 11 is 0. The Hall–Kier alpha value is -1.55. The normalized spacial score (nSPS) is 12.0. The molecule has 0 aromatic heterocycles. The van der Waals surface area contributed by atoms with E-state index in [-0.39, 0.29) is 6.10 Å². The van der Waals surface area contributed by atoms with E-state index >= 15 is 0 Å². The fourth-order valence-corrected chi connectivity index (χ4v) is 2.22. The first kappa shape index (κ1) is 27.7. The summed E-state index contributed by atoms with van der Waals surface area (Å²) in [6.45, 7) is 7.05. The van der Waals surface area contributed by atoms with Crippen LogP contribution in [-0.4, -0.2) is 115 Å². The minimum absolute atomic E-state index is 0.228. The smallest absolute Gasteiger partial charge is 0.372 e. The van der Waals surface area contributed by atoms with Crippen LogP contribution in [-0.2, 0) is 14.4 Å². The third-order valence-electron chi connectivity index (χ3n) is 3.49. The number of rotatable bonds is 14. The van der Waals surface area contributed by atoms with Gasteiger partial charge in [-0.25, -0.2) is 4.79 Å². The molecule has 9 nitrogen and oxygen atoms in total. The van der Waals surface area contributed by atoms with Crippen molar-refractivity contribution in [3.8, 4) is 0 Å². The van der Waals surface area contributed by atoms with E-state index in [1.54, 1.807) is 0 Å². The standard InChI is InChI=1S/C13H31N3O.C5H6O5/c1-13(17)12-16(10-6-8-14(2)3)11-7-9-15(4)5;6-3(5(9)10)1-2-4(7)8/h13,17H,6-12H2,1-5H3;1-2H2,(H,7,8)(H,9,10). The SMILES string of the molecule is CC(O)CN(CCCN(C)C)CCCN(C)C.O=C(O)CCC(=O)C(=O)O. The summed E-state index contributed by atoms with van der Waals surface area (Å²) < 4.78 is 0. The van der Waals surface area contributed by atoms with E-state index in [2.05, 4.69) is 42.9 Å². The van der Waals surface area contributed by atoms with Crippen molar-refractivity contribution in [1.29, 1.82) is 0 Å². The van der Waals surface area contributed by atoms with Gasteiger partial charge in [0.15, 0.2) is 0 Å². The number of hydrogen-bond donors (Lipinski definition) is 3. The van der Waals surface area contributed by atoms with Gasteiger partial charge in [-0.1, -0.05) is 0 Å². The van der Waals surface area contributed by atoms with Crippen molar-refractivity contribution in [3.63, 3.8) is 0 Å². The quantitative estimate of drug-likeness (QED) is 0.353. The first-order valence-electron chi connectivity index (χ1n) is 9.13. The van der Waals surface area contributed by atoms with E-state index in [0.29, 0.717) is 0 Å². The molecule has 27 heavy (non-hydrogen) atoms. The number of hydrogen-bond acceptors (Lipinski definition) is 7. The van der Waals surface area contributed by atoms with E-state index in [1.807, 2.05) is 6.92 Å². The zero-order valence-electron chi connectivity index (χ0n) is 17.3. The summed E-state index contributed by atoms with van der Waals surface area (Å²) in [5.74, 6) is -3.82. The lowest BCUT2D eigenvalue weighted by Crippen LogP contribution is -2.35. The average Bonchev–Trinajstić information content (AvgIpc) is 2.51. The molecule has 0 fully saturated rings. The molecule has 0 aliphatic heterocycles. The van der Waals surface area contributed by atoms with Gasteiger partial charge in [-0.2, -0.15) is 0 Å². The molecular weight excluding hydrogens is 354 g/mol. The number of carboxylic acid groups (broad SMARTS) is 2. The number of carbonyl (C=O) groups excluding carboxylic acids is 1. The van der Waals surface area contributed by atoms with Gasteiger partial charge in [-0.05, 0) is 74.1 Å². The molecule has 0 amide bonds. The monoisotopic (exact) mass is 391 g/mol. The van der Waals surface area contributed by atoms with Crippen LogP contribution in [0.5, 0.6) is 0 Å². The number of Topliss-reactive ketones (excluding diaryl/α,β-unsaturated/α-hetero) is 1. The van der Waals surface area contributed by atoms with Crippen molar-refractivity contribution in [2.45, 2.75) is 38.7 Å². The maximum absolute atomic E-state index is 10.2. The summed E-state index contributed by atoms with van der Waals surface area (Å²) in [7, 11) is 8.41. The summed E-state index contributed by atoms with van der Waals surface area (Å²) in [5, 5.41) is 25.4. The number of carbonyl (C=O) groups is 3. The molecule has 1 atom stereocenters. The molecule has 1 unspecified atom stereocenters. The zero-order valence-corrected chi connectivity index (χ0v) is 17.3. The lowest BCUT2D eigenvalue weighted by atomic mass is 10.2. The number of carboxylic acids is 2. The van der Waals surface area contributed by atoms with Gasteiger partial charge in [0.05, 0.1) is 12.5 Å². The Balaban J connectivity index is 0. The first-order chi connectivity index (χ1) is 12.5. The highest BCUT2D eigenvalue weighted by molar-refractivity contribution is 6.32. The lowest BCUT2D eigenvalue weighted by Gasteiger charge is -2.25. The predicted molar refractivity (Wildman–Crippen MR) is 104 cm³/mol. The highest BCUT2D eigenvalue weighted by Crippen LogP contribution is 1.98. The maximum Gasteiger partial charge on any atom is 0.372 e. The Morgan fingerprint density at radius 3 is 1.56 bits per heavy atom. The largest absolute Gasteiger partial charge is 0.481 e. The van der Waals surface area contributed by atoms with Crippen molar-refractivity contribution < 1.29 is 29.7 Å². The van der Waals surface area contributed by atoms with E-state index in [9.17, 15) is 19.5 Å². The molecular formula is C18H37N3O6. The fourth-order valence-electron chi connectivity index (χ4n) is 2.22. The molecule has 160 valence electrons. The van der Waals surface area contributed by atoms with Gasteiger partial charge in [0, 0.05) is 13.0 Å². The molecule has 0 saturated heterocycles. The van der Waals surface area contributed by atoms with Crippen LogP contribution < -0.4 is 0 Å². The third-order valence-corrected chi connectivity index (χ3v) is 3.49. The number of nitrogens with zero attached hydrogens (tertiary/aromatic N) is 3. The Labute approximate surface area is 162 Å². The average molecular weight is 392 g/mol. The molecule has 0 spiro atoms. The van der Waals surface area contributed by atoms with Crippen molar-refractivity contribution >= 4 is 17.7 Å². The minimum Gasteiger partial charge on any atom is -0.481 e. The molecule has 9 heteroatoms. The van der Waals surface area contributed by atoms with Crippen LogP contribution in [0.3, 0.4) is 0 Å². The first-order valence-corrected chi connectivity index (χ1v) is 9.13. The van der Waals surface area contributed by atoms with E-state index in [0.717, 1.165) is 32.7 Å². The summed E-state index contributed by atoms with van der Waals surface area (Å²) in [4.78, 5) is 36.5. The molecule has 0 bridgehead atoms. The molecule has 0 radical (unpaired) electrons. The van der Waals surface area contributed by atoms with Gasteiger partial charge >= 0.3 is 11.9 Å². The Bertz CT molecular complexity index is 413. The Morgan fingerprint density at radius 2 is 1.26 bits per heavy atom. The van der Waals surface area contributed by atoms with E-state index in [4.69, 9.17) is 10.2 Å². The molecule has 0 aliphatic carbocycles. The molecule has 0 aromatic carbocycles. The molecule has 0 heterocycles. The second kappa shape index (κ2) is 16.6. The highest BCUT2D eigenvalue weighted by Gasteiger charge is 2.12. The van der Waals surface area contributed by atoms with Crippen LogP contribution in [0, 0.1) is 0 Å². The Morgan fingerprint density at radius 1 is 0.815 bits per heavy atom. The third kappa shape index (κ3) is 22.4. The van der Waals surface area contributed by atoms with E-state index < -0.39 is 30.6 Å². The predicted octanol–water partition coefficient (Wildman–Crippen LogP) is 0.0775. The maximum atomic E-state index is 10.2. The molecule has 3 N–H and O–H groups in total. The molecule has 0 aliphatic rings. The summed E-state index contributed by atoms with van der Waals surface area (Å²) in [6.07, 6.45) is 1.24. The Kier molecular flexibility index (Phi) is 17.0. The van der Waals surface area contributed by atoms with Crippen molar-refractivity contribution in [2.75, 3.05) is 60.9 Å². The van der Waals surface area contributed by atoms with Crippen LogP contribution in [0.25, 0.3) is 0 Å². The van der Waals surface area contributed by atoms with Gasteiger partial charge in [0.1, 0.15) is 0 Å². The number of aliphatic hydroxyl groups is 1. The molecule has 0 saturated carbocycles. The second-order valence-corrected chi connectivity index (χ2v) is 7.09. The second-order valence-electron chi connectivity index (χ2n) is 7.09. The summed E-state index contributed by atoms with van der Waals surface area (Å²) in [5.41, 5.74) is 0. The molecule has 0 aromatic rings. The topological polar surface area (TPSA) is 122 Å². The number of aliphatic carboxylic acids is 2. The van der Waals surface area contributed by atoms with Crippen LogP contribution in [0.15, 0.2) is 0 Å². The van der Waals surface area contributed by atoms with Crippen LogP contribution in [0.1, 0.15) is 32.6 Å². The van der Waals surface area contributed by atoms with Crippen molar-refractivity contribution in [2.24, 2.45) is 0 Å². The van der Waals surface area contributed by atoms with Crippen molar-refractivity contribution in [3.05, 3.63) is 0 Å². The highest BCUT2D eigenvalue weighted by atomic mass is 16.4. The van der Waals surface area contributed by atoms with Gasteiger partial charge in [-0.3, -0.25) is 9.59 Å². The fraction of sp³-hybridized carbons (Fsp3) is 0.833. The van der Waals surface area contributed by atoms with Gasteiger partial charge in [0.2, 0.25) is 5.78 Å². The van der Waals surface area contributed by atoms with E-state index in [1.165, 1.54) is 12.8 Å². The van der Waals surface area contributed by atoms with Gasteiger partial charge in [0.25, 0.3) is 0 Å². The summed E-state index contributed by atoms with van der Waals surface area (Å²) in [6, 6.07) is 0. The van der Waals surface area contributed by atoms with Gasteiger partial charge < -0.3 is 30.0 Å². The number of aliphatic hydroxyl groups excluding tert-OH is 1. The molecule has 0 rings (SSSR count). The van der Waals surface area contributed by atoms with Crippen LogP contribution >= 0.6 is 0 Å². The van der Waals surface area contributed by atoms with Crippen LogP contribution in [0.4, 0.5) is 0 Å². The van der Waals surface area contributed by atoms with Gasteiger partial charge in [-0.15, -0.1) is 0 Å². The number of ketones is 1. The minimum atomic E-state index is -1.58. The van der Waals surface area contributed by atoms with Crippen LogP contribution in [0.2, 0.25) is 0 Å².